The summed E-state index contributed by atoms with van der Waals surface area (Å²) in [6.45, 7) is 0.328. The highest BCUT2D eigenvalue weighted by Gasteiger charge is 2.33. The Morgan fingerprint density at radius 1 is 1.35 bits per heavy atom. The third kappa shape index (κ3) is 3.72. The second-order valence-electron chi connectivity index (χ2n) is 6.92. The van der Waals surface area contributed by atoms with Crippen LogP contribution < -0.4 is 0 Å². The van der Waals surface area contributed by atoms with Crippen LogP contribution in [0, 0.1) is 11.3 Å². The largest absolute Gasteiger partial charge is 0.476 e. The lowest BCUT2D eigenvalue weighted by molar-refractivity contribution is -0.112. The minimum absolute atomic E-state index is 0.175. The van der Waals surface area contributed by atoms with Gasteiger partial charge in [-0.1, -0.05) is 5.21 Å². The minimum atomic E-state index is -1.20. The summed E-state index contributed by atoms with van der Waals surface area (Å²) in [6.07, 6.45) is 4.76. The van der Waals surface area contributed by atoms with Crippen molar-refractivity contribution in [3.8, 4) is 11.8 Å². The molecule has 1 amide bonds. The highest BCUT2D eigenvalue weighted by molar-refractivity contribution is 6.06. The highest BCUT2D eigenvalue weighted by atomic mass is 16.4. The molecule has 1 atom stereocenters. The minimum Gasteiger partial charge on any atom is -0.476 e. The number of pyridine rings is 1. The Kier molecular flexibility index (Phi) is 5.38. The number of amides is 1. The molecular formula is C20H17N7O4. The number of nitriles is 1. The number of carboxylic acid groups (broad SMARTS) is 1. The molecule has 1 aromatic carbocycles. The maximum absolute atomic E-state index is 13.4. The summed E-state index contributed by atoms with van der Waals surface area (Å²) in [7, 11) is 0. The Morgan fingerprint density at radius 3 is 2.90 bits per heavy atom. The van der Waals surface area contributed by atoms with E-state index in [1.807, 2.05) is 0 Å². The van der Waals surface area contributed by atoms with Crippen molar-refractivity contribution in [3.63, 3.8) is 0 Å². The number of carbonyl (C=O) groups excluding carboxylic acids is 2. The zero-order valence-corrected chi connectivity index (χ0v) is 16.2. The zero-order chi connectivity index (χ0) is 22.0. The first-order chi connectivity index (χ1) is 15.0. The fourth-order valence-electron chi connectivity index (χ4n) is 3.64. The number of fused-ring (bicyclic) bond motifs is 1. The molecular weight excluding hydrogens is 402 g/mol. The van der Waals surface area contributed by atoms with Gasteiger partial charge in [-0.2, -0.15) is 5.26 Å². The third-order valence-corrected chi connectivity index (χ3v) is 5.10. The van der Waals surface area contributed by atoms with Crippen LogP contribution in [0.25, 0.3) is 16.6 Å². The Hall–Kier alpha value is -4.17. The van der Waals surface area contributed by atoms with Crippen LogP contribution in [0.2, 0.25) is 0 Å². The number of hydrogen-bond donors (Lipinski definition) is 1. The third-order valence-electron chi connectivity index (χ3n) is 5.10. The van der Waals surface area contributed by atoms with E-state index in [1.54, 1.807) is 29.3 Å². The first kappa shape index (κ1) is 20.1. The molecule has 4 rings (SSSR count). The van der Waals surface area contributed by atoms with Crippen molar-refractivity contribution in [1.82, 2.24) is 30.0 Å². The average molecular weight is 419 g/mol. The first-order valence-electron chi connectivity index (χ1n) is 9.50. The van der Waals surface area contributed by atoms with E-state index in [4.69, 9.17) is 5.11 Å². The van der Waals surface area contributed by atoms with E-state index in [0.29, 0.717) is 41.4 Å². The van der Waals surface area contributed by atoms with Crippen molar-refractivity contribution in [2.24, 2.45) is 0 Å². The van der Waals surface area contributed by atoms with Crippen molar-refractivity contribution in [3.05, 3.63) is 47.9 Å². The smallest absolute Gasteiger partial charge is 0.358 e. The fraction of sp³-hybridized carbons (Fsp3) is 0.250. The number of aromatic nitrogens is 4. The SMILES string of the molecule is N#CC1CCCN1N(CC=O)C(=O)c1ccnc2ccc(-n3cc(C(=O)O)nn3)cc12. The lowest BCUT2D eigenvalue weighted by atomic mass is 10.1. The molecule has 0 bridgehead atoms. The normalized spacial score (nSPS) is 16.2. The molecule has 0 radical (unpaired) electrons. The Balaban J connectivity index is 1.76. The molecule has 3 aromatic rings. The molecule has 0 aliphatic carbocycles. The van der Waals surface area contributed by atoms with Gasteiger partial charge in [-0.25, -0.2) is 14.5 Å². The standard InChI is InChI=1S/C20H17N7O4/c21-11-14-2-1-7-26(14)27(8-9-28)19(29)15-5-6-22-17-4-3-13(10-16(15)17)25-12-18(20(30)31)23-24-25/h3-6,9-10,12,14H,1-2,7-8H2,(H,30,31). The summed E-state index contributed by atoms with van der Waals surface area (Å²) < 4.78 is 1.29. The van der Waals surface area contributed by atoms with Gasteiger partial charge in [-0.05, 0) is 37.1 Å². The quantitative estimate of drug-likeness (QED) is 0.579. The van der Waals surface area contributed by atoms with E-state index in [0.717, 1.165) is 6.42 Å². The number of hydrazine groups is 1. The number of nitrogens with zero attached hydrogens (tertiary/aromatic N) is 7. The predicted molar refractivity (Wildman–Crippen MR) is 106 cm³/mol. The zero-order valence-electron chi connectivity index (χ0n) is 16.2. The number of hydrogen-bond acceptors (Lipinski definition) is 8. The molecule has 11 nitrogen and oxygen atoms in total. The maximum Gasteiger partial charge on any atom is 0.358 e. The molecule has 1 aliphatic rings. The van der Waals surface area contributed by atoms with Crippen molar-refractivity contribution in [1.29, 1.82) is 5.26 Å². The van der Waals surface area contributed by atoms with Crippen molar-refractivity contribution in [2.45, 2.75) is 18.9 Å². The molecule has 0 saturated carbocycles. The van der Waals surface area contributed by atoms with Gasteiger partial charge in [0.1, 0.15) is 12.3 Å². The van der Waals surface area contributed by atoms with Crippen LogP contribution in [-0.2, 0) is 4.79 Å². The average Bonchev–Trinajstić information content (AvgIpc) is 3.46. The van der Waals surface area contributed by atoms with Gasteiger partial charge in [0.05, 0.1) is 35.6 Å². The molecule has 156 valence electrons. The Bertz CT molecular complexity index is 1220. The maximum atomic E-state index is 13.4. The molecule has 2 aromatic heterocycles. The van der Waals surface area contributed by atoms with Gasteiger partial charge in [0.25, 0.3) is 5.91 Å². The molecule has 1 fully saturated rings. The molecule has 1 saturated heterocycles. The topological polar surface area (TPSA) is 145 Å². The molecule has 11 heteroatoms. The van der Waals surface area contributed by atoms with Crippen LogP contribution in [0.5, 0.6) is 0 Å². The summed E-state index contributed by atoms with van der Waals surface area (Å²) in [5.74, 6) is -1.63. The van der Waals surface area contributed by atoms with Crippen LogP contribution in [0.15, 0.2) is 36.7 Å². The van der Waals surface area contributed by atoms with Gasteiger partial charge in [0.2, 0.25) is 0 Å². The number of carboxylic acids is 1. The summed E-state index contributed by atoms with van der Waals surface area (Å²) in [6, 6.07) is 8.27. The Labute approximate surface area is 176 Å². The van der Waals surface area contributed by atoms with Gasteiger partial charge >= 0.3 is 5.97 Å². The van der Waals surface area contributed by atoms with Gasteiger partial charge in [0.15, 0.2) is 5.69 Å². The lowest BCUT2D eigenvalue weighted by Crippen LogP contribution is -2.49. The van der Waals surface area contributed by atoms with Crippen molar-refractivity contribution >= 4 is 29.1 Å². The van der Waals surface area contributed by atoms with E-state index < -0.39 is 17.9 Å². The molecule has 0 spiro atoms. The predicted octanol–water partition coefficient (Wildman–Crippen LogP) is 1.06. The fourth-order valence-corrected chi connectivity index (χ4v) is 3.64. The van der Waals surface area contributed by atoms with Crippen LogP contribution in [-0.4, -0.2) is 72.4 Å². The second kappa shape index (κ2) is 8.29. The first-order valence-corrected chi connectivity index (χ1v) is 9.50. The van der Waals surface area contributed by atoms with Crippen LogP contribution >= 0.6 is 0 Å². The number of rotatable bonds is 6. The van der Waals surface area contributed by atoms with Gasteiger partial charge in [-0.15, -0.1) is 5.10 Å². The summed E-state index contributed by atoms with van der Waals surface area (Å²) >= 11 is 0. The van der Waals surface area contributed by atoms with Crippen LogP contribution in [0.4, 0.5) is 0 Å². The second-order valence-corrected chi connectivity index (χ2v) is 6.92. The van der Waals surface area contributed by atoms with Gasteiger partial charge in [0, 0.05) is 18.1 Å². The van der Waals surface area contributed by atoms with Crippen molar-refractivity contribution in [2.75, 3.05) is 13.1 Å². The van der Waals surface area contributed by atoms with E-state index in [9.17, 15) is 19.6 Å². The molecule has 3 heterocycles. The number of carbonyl (C=O) groups is 3. The Morgan fingerprint density at radius 2 is 2.19 bits per heavy atom. The van der Waals surface area contributed by atoms with Crippen LogP contribution in [0.1, 0.15) is 33.7 Å². The summed E-state index contributed by atoms with van der Waals surface area (Å²) in [4.78, 5) is 40.1. The number of benzene rings is 1. The highest BCUT2D eigenvalue weighted by Crippen LogP contribution is 2.25. The van der Waals surface area contributed by atoms with Gasteiger partial charge in [-0.3, -0.25) is 14.8 Å². The lowest BCUT2D eigenvalue weighted by Gasteiger charge is -2.32. The molecule has 1 unspecified atom stereocenters. The molecule has 1 N–H and O–H groups in total. The van der Waals surface area contributed by atoms with E-state index in [-0.39, 0.29) is 12.2 Å². The van der Waals surface area contributed by atoms with E-state index >= 15 is 0 Å². The van der Waals surface area contributed by atoms with Gasteiger partial charge < -0.3 is 9.90 Å². The monoisotopic (exact) mass is 419 g/mol. The molecule has 31 heavy (non-hydrogen) atoms. The van der Waals surface area contributed by atoms with E-state index in [1.165, 1.54) is 22.1 Å². The van der Waals surface area contributed by atoms with Crippen molar-refractivity contribution < 1.29 is 19.5 Å². The summed E-state index contributed by atoms with van der Waals surface area (Å²) in [5.41, 5.74) is 1.12. The van der Waals surface area contributed by atoms with E-state index in [2.05, 4.69) is 21.4 Å². The molecule has 1 aliphatic heterocycles. The summed E-state index contributed by atoms with van der Waals surface area (Å²) in [5, 5.41) is 29.3. The number of aromatic carboxylic acids is 1. The van der Waals surface area contributed by atoms with Crippen LogP contribution in [0.3, 0.4) is 0 Å². The number of aldehydes is 1.